The summed E-state index contributed by atoms with van der Waals surface area (Å²) in [4.78, 5) is 18.8. The van der Waals surface area contributed by atoms with Gasteiger partial charge >= 0.3 is 0 Å². The number of halogens is 1. The topological polar surface area (TPSA) is 88.4 Å². The minimum Gasteiger partial charge on any atom is -0.335 e. The second-order valence-electron chi connectivity index (χ2n) is 7.25. The molecule has 0 aliphatic heterocycles. The monoisotopic (exact) mass is 475 g/mol. The van der Waals surface area contributed by atoms with Crippen molar-refractivity contribution >= 4 is 27.5 Å². The van der Waals surface area contributed by atoms with Gasteiger partial charge in [0, 0.05) is 20.1 Å². The van der Waals surface area contributed by atoms with Crippen LogP contribution >= 0.6 is 11.6 Å². The van der Waals surface area contributed by atoms with Crippen molar-refractivity contribution in [2.24, 2.45) is 0 Å². The largest absolute Gasteiger partial charge is 0.335 e. The molecule has 0 aliphatic rings. The lowest BCUT2D eigenvalue weighted by Gasteiger charge is -2.26. The zero-order valence-electron chi connectivity index (χ0n) is 18.4. The maximum atomic E-state index is 13.2. The van der Waals surface area contributed by atoms with E-state index in [-0.39, 0.29) is 27.4 Å². The molecule has 0 spiro atoms. The van der Waals surface area contributed by atoms with Gasteiger partial charge in [-0.1, -0.05) is 37.6 Å². The summed E-state index contributed by atoms with van der Waals surface area (Å²) in [5.74, 6) is -0.362. The molecule has 1 unspecified atom stereocenters. The van der Waals surface area contributed by atoms with Gasteiger partial charge in [-0.2, -0.15) is 9.40 Å². The van der Waals surface area contributed by atoms with Crippen molar-refractivity contribution in [3.63, 3.8) is 0 Å². The van der Waals surface area contributed by atoms with Gasteiger partial charge in [-0.05, 0) is 42.8 Å². The van der Waals surface area contributed by atoms with Gasteiger partial charge in [-0.3, -0.25) is 4.79 Å². The number of hydrogen-bond donors (Lipinski definition) is 0. The number of sulfonamides is 1. The number of amides is 1. The SMILES string of the molecule is CCN(CC)S(=O)(=O)c1ccc(Cl)c(C(=O)N(C)C(C)c2ccc(-n3cncn3)cc2)c1. The molecule has 0 fully saturated rings. The quantitative estimate of drug-likeness (QED) is 0.494. The van der Waals surface area contributed by atoms with E-state index in [1.807, 2.05) is 31.2 Å². The smallest absolute Gasteiger partial charge is 0.255 e. The van der Waals surface area contributed by atoms with Crippen molar-refractivity contribution in [3.8, 4) is 5.69 Å². The molecule has 1 amide bonds. The van der Waals surface area contributed by atoms with Gasteiger partial charge in [0.25, 0.3) is 5.91 Å². The summed E-state index contributed by atoms with van der Waals surface area (Å²) < 4.78 is 28.7. The van der Waals surface area contributed by atoms with Crippen LogP contribution in [0.25, 0.3) is 5.69 Å². The zero-order valence-corrected chi connectivity index (χ0v) is 20.0. The first-order valence-electron chi connectivity index (χ1n) is 10.2. The second kappa shape index (κ2) is 9.81. The van der Waals surface area contributed by atoms with Crippen molar-refractivity contribution in [3.05, 3.63) is 71.3 Å². The summed E-state index contributed by atoms with van der Waals surface area (Å²) in [6.45, 7) is 6.12. The van der Waals surface area contributed by atoms with E-state index in [9.17, 15) is 13.2 Å². The Hall–Kier alpha value is -2.75. The van der Waals surface area contributed by atoms with Crippen LogP contribution < -0.4 is 0 Å². The summed E-state index contributed by atoms with van der Waals surface area (Å²) in [5, 5.41) is 4.30. The fourth-order valence-electron chi connectivity index (χ4n) is 3.38. The number of hydrogen-bond acceptors (Lipinski definition) is 5. The Labute approximate surface area is 193 Å². The average Bonchev–Trinajstić information content (AvgIpc) is 3.33. The number of carbonyl (C=O) groups excluding carboxylic acids is 1. The van der Waals surface area contributed by atoms with E-state index >= 15 is 0 Å². The van der Waals surface area contributed by atoms with Crippen LogP contribution in [0, 0.1) is 0 Å². The molecule has 0 aliphatic carbocycles. The number of carbonyl (C=O) groups is 1. The molecule has 2 aromatic carbocycles. The van der Waals surface area contributed by atoms with E-state index in [1.165, 1.54) is 28.8 Å². The van der Waals surface area contributed by atoms with E-state index in [0.717, 1.165) is 11.3 Å². The maximum Gasteiger partial charge on any atom is 0.255 e. The summed E-state index contributed by atoms with van der Waals surface area (Å²) >= 11 is 6.29. The van der Waals surface area contributed by atoms with Crippen molar-refractivity contribution in [1.29, 1.82) is 0 Å². The third-order valence-corrected chi connectivity index (χ3v) is 7.85. The highest BCUT2D eigenvalue weighted by atomic mass is 35.5. The average molecular weight is 476 g/mol. The molecule has 8 nitrogen and oxygen atoms in total. The van der Waals surface area contributed by atoms with Crippen LogP contribution in [0.4, 0.5) is 0 Å². The van der Waals surface area contributed by atoms with E-state index in [0.29, 0.717) is 13.1 Å². The Morgan fingerprint density at radius 1 is 1.12 bits per heavy atom. The molecule has 170 valence electrons. The van der Waals surface area contributed by atoms with Gasteiger partial charge in [0.1, 0.15) is 12.7 Å². The highest BCUT2D eigenvalue weighted by Crippen LogP contribution is 2.27. The Morgan fingerprint density at radius 3 is 2.34 bits per heavy atom. The number of rotatable bonds is 8. The molecule has 32 heavy (non-hydrogen) atoms. The van der Waals surface area contributed by atoms with Crippen LogP contribution in [0.2, 0.25) is 5.02 Å². The van der Waals surface area contributed by atoms with E-state index in [4.69, 9.17) is 11.6 Å². The van der Waals surface area contributed by atoms with Crippen LogP contribution in [-0.2, 0) is 10.0 Å². The first kappa shape index (κ1) is 23.9. The van der Waals surface area contributed by atoms with Gasteiger partial charge < -0.3 is 4.90 Å². The molecule has 1 aromatic heterocycles. The molecule has 0 bridgehead atoms. The van der Waals surface area contributed by atoms with Crippen LogP contribution in [0.15, 0.2) is 60.0 Å². The Morgan fingerprint density at radius 2 is 1.78 bits per heavy atom. The number of benzene rings is 2. The van der Waals surface area contributed by atoms with Gasteiger partial charge in [-0.15, -0.1) is 0 Å². The van der Waals surface area contributed by atoms with Crippen LogP contribution in [0.3, 0.4) is 0 Å². The molecule has 0 radical (unpaired) electrons. The molecular weight excluding hydrogens is 450 g/mol. The van der Waals surface area contributed by atoms with Crippen LogP contribution in [0.1, 0.15) is 42.7 Å². The summed E-state index contributed by atoms with van der Waals surface area (Å²) in [7, 11) is -2.04. The number of nitrogens with zero attached hydrogens (tertiary/aromatic N) is 5. The van der Waals surface area contributed by atoms with Gasteiger partial charge in [0.2, 0.25) is 10.0 Å². The molecule has 1 heterocycles. The third-order valence-electron chi connectivity index (χ3n) is 5.47. The second-order valence-corrected chi connectivity index (χ2v) is 9.60. The summed E-state index contributed by atoms with van der Waals surface area (Å²) in [6.07, 6.45) is 3.07. The lowest BCUT2D eigenvalue weighted by Crippen LogP contribution is -2.32. The van der Waals surface area contributed by atoms with Gasteiger partial charge in [-0.25, -0.2) is 18.1 Å². The lowest BCUT2D eigenvalue weighted by atomic mass is 10.1. The normalized spacial score (nSPS) is 12.7. The first-order valence-corrected chi connectivity index (χ1v) is 12.0. The van der Waals surface area contributed by atoms with Gasteiger partial charge in [0.05, 0.1) is 27.2 Å². The van der Waals surface area contributed by atoms with Gasteiger partial charge in [0.15, 0.2) is 0 Å². The minimum atomic E-state index is -3.71. The molecule has 0 saturated carbocycles. The lowest BCUT2D eigenvalue weighted by molar-refractivity contribution is 0.0742. The first-order chi connectivity index (χ1) is 15.2. The highest BCUT2D eigenvalue weighted by Gasteiger charge is 2.26. The molecule has 0 N–H and O–H groups in total. The molecule has 10 heteroatoms. The Bertz CT molecular complexity index is 1180. The van der Waals surface area contributed by atoms with Crippen molar-refractivity contribution in [2.45, 2.75) is 31.7 Å². The highest BCUT2D eigenvalue weighted by molar-refractivity contribution is 7.89. The minimum absolute atomic E-state index is 0.0483. The van der Waals surface area contributed by atoms with Crippen LogP contribution in [-0.4, -0.2) is 58.4 Å². The van der Waals surface area contributed by atoms with E-state index < -0.39 is 10.0 Å². The molecule has 3 aromatic rings. The fraction of sp³-hybridized carbons (Fsp3) is 0.318. The predicted molar refractivity (Wildman–Crippen MR) is 123 cm³/mol. The molecule has 1 atom stereocenters. The predicted octanol–water partition coefficient (Wildman–Crippen LogP) is 3.78. The third kappa shape index (κ3) is 4.69. The van der Waals surface area contributed by atoms with Crippen molar-refractivity contribution in [2.75, 3.05) is 20.1 Å². The fourth-order valence-corrected chi connectivity index (χ4v) is 5.06. The maximum absolute atomic E-state index is 13.2. The molecule has 0 saturated heterocycles. The number of aromatic nitrogens is 3. The summed E-state index contributed by atoms with van der Waals surface area (Å²) in [5.41, 5.74) is 1.91. The molecular formula is C22H26ClN5O3S. The van der Waals surface area contributed by atoms with E-state index in [2.05, 4.69) is 10.1 Å². The van der Waals surface area contributed by atoms with Crippen molar-refractivity contribution < 1.29 is 13.2 Å². The van der Waals surface area contributed by atoms with Crippen molar-refractivity contribution in [1.82, 2.24) is 24.0 Å². The Kier molecular flexibility index (Phi) is 7.33. The standard InChI is InChI=1S/C22H26ClN5O3S/c1-5-27(6-2)32(30,31)19-11-12-21(23)20(13-19)22(29)26(4)16(3)17-7-9-18(10-8-17)28-15-24-14-25-28/h7-16H,5-6H2,1-4H3. The van der Waals surface area contributed by atoms with E-state index in [1.54, 1.807) is 36.8 Å². The molecule has 3 rings (SSSR count). The van der Waals surface area contributed by atoms with Crippen LogP contribution in [0.5, 0.6) is 0 Å². The Balaban J connectivity index is 1.86. The summed E-state index contributed by atoms with van der Waals surface area (Å²) in [6, 6.07) is 11.6. The zero-order chi connectivity index (χ0) is 23.5.